The standard InChI is InChI=1S/C20H27NO5/c22-18(23)13-16(12-11-15-7-3-1-4-8-15)20(25)21-14-19(24)26-17-9-5-2-6-10-17/h1,3-4,7-8,16-17H,2,5-6,9-14H2,(H,21,25)(H,22,23). The molecule has 0 bridgehead atoms. The van der Waals surface area contributed by atoms with Gasteiger partial charge in [0.1, 0.15) is 12.6 Å². The van der Waals surface area contributed by atoms with E-state index in [4.69, 9.17) is 9.84 Å². The summed E-state index contributed by atoms with van der Waals surface area (Å²) in [6, 6.07) is 9.60. The lowest BCUT2D eigenvalue weighted by Gasteiger charge is -2.22. The first-order chi connectivity index (χ1) is 12.5. The first-order valence-corrected chi connectivity index (χ1v) is 9.27. The van der Waals surface area contributed by atoms with Crippen LogP contribution in [-0.2, 0) is 25.5 Å². The highest BCUT2D eigenvalue weighted by molar-refractivity contribution is 5.86. The van der Waals surface area contributed by atoms with Gasteiger partial charge in [0.15, 0.2) is 0 Å². The Morgan fingerprint density at radius 3 is 2.46 bits per heavy atom. The molecule has 2 rings (SSSR count). The van der Waals surface area contributed by atoms with Crippen LogP contribution < -0.4 is 5.32 Å². The van der Waals surface area contributed by atoms with Crippen LogP contribution in [0.25, 0.3) is 0 Å². The van der Waals surface area contributed by atoms with Crippen molar-refractivity contribution in [2.24, 2.45) is 5.92 Å². The SMILES string of the molecule is O=C(O)CC(CCc1ccccc1)C(=O)NCC(=O)OC1CCCCC1. The Hall–Kier alpha value is -2.37. The fourth-order valence-corrected chi connectivity index (χ4v) is 3.24. The van der Waals surface area contributed by atoms with E-state index in [2.05, 4.69) is 5.32 Å². The lowest BCUT2D eigenvalue weighted by Crippen LogP contribution is -2.37. The molecule has 1 unspecified atom stereocenters. The average Bonchev–Trinajstić information content (AvgIpc) is 2.64. The van der Waals surface area contributed by atoms with Crippen LogP contribution in [0.3, 0.4) is 0 Å². The molecule has 1 aliphatic rings. The van der Waals surface area contributed by atoms with Crippen molar-refractivity contribution in [3.8, 4) is 0 Å². The van der Waals surface area contributed by atoms with E-state index in [9.17, 15) is 14.4 Å². The van der Waals surface area contributed by atoms with Crippen LogP contribution in [0.1, 0.15) is 50.5 Å². The van der Waals surface area contributed by atoms with Crippen LogP contribution in [0, 0.1) is 5.92 Å². The van der Waals surface area contributed by atoms with Crippen molar-refractivity contribution in [1.82, 2.24) is 5.32 Å². The number of rotatable bonds is 9. The minimum atomic E-state index is -1.03. The Kier molecular flexibility index (Phi) is 8.12. The molecule has 0 heterocycles. The largest absolute Gasteiger partial charge is 0.481 e. The summed E-state index contributed by atoms with van der Waals surface area (Å²) < 4.78 is 5.36. The quantitative estimate of drug-likeness (QED) is 0.660. The van der Waals surface area contributed by atoms with E-state index in [1.54, 1.807) is 0 Å². The number of carbonyl (C=O) groups is 3. The van der Waals surface area contributed by atoms with Crippen LogP contribution in [0.2, 0.25) is 0 Å². The van der Waals surface area contributed by atoms with Crippen LogP contribution in [0.15, 0.2) is 30.3 Å². The molecule has 0 aromatic heterocycles. The first-order valence-electron chi connectivity index (χ1n) is 9.27. The maximum Gasteiger partial charge on any atom is 0.325 e. The van der Waals surface area contributed by atoms with Gasteiger partial charge in [-0.15, -0.1) is 0 Å². The molecule has 142 valence electrons. The maximum absolute atomic E-state index is 12.3. The number of carboxylic acid groups (broad SMARTS) is 1. The third-order valence-corrected chi connectivity index (χ3v) is 4.67. The van der Waals surface area contributed by atoms with Crippen molar-refractivity contribution in [2.45, 2.75) is 57.5 Å². The van der Waals surface area contributed by atoms with Crippen molar-refractivity contribution in [3.63, 3.8) is 0 Å². The van der Waals surface area contributed by atoms with Gasteiger partial charge in [-0.3, -0.25) is 14.4 Å². The predicted octanol–water partition coefficient (Wildman–Crippen LogP) is 2.70. The molecule has 0 saturated heterocycles. The molecular weight excluding hydrogens is 334 g/mol. The Labute approximate surface area is 153 Å². The summed E-state index contributed by atoms with van der Waals surface area (Å²) in [6.45, 7) is -0.212. The van der Waals surface area contributed by atoms with Crippen molar-refractivity contribution < 1.29 is 24.2 Å². The minimum absolute atomic E-state index is 0.0546. The van der Waals surface area contributed by atoms with Gasteiger partial charge in [-0.05, 0) is 44.1 Å². The first kappa shape index (κ1) is 19.9. The smallest absolute Gasteiger partial charge is 0.325 e. The number of nitrogens with one attached hydrogen (secondary N) is 1. The van der Waals surface area contributed by atoms with Crippen molar-refractivity contribution in [1.29, 1.82) is 0 Å². The molecule has 0 radical (unpaired) electrons. The summed E-state index contributed by atoms with van der Waals surface area (Å²) in [7, 11) is 0. The van der Waals surface area contributed by atoms with E-state index in [-0.39, 0.29) is 19.1 Å². The molecule has 1 aromatic carbocycles. The highest BCUT2D eigenvalue weighted by Crippen LogP contribution is 2.20. The zero-order valence-electron chi connectivity index (χ0n) is 15.0. The van der Waals surface area contributed by atoms with E-state index in [1.807, 2.05) is 30.3 Å². The van der Waals surface area contributed by atoms with Gasteiger partial charge in [-0.2, -0.15) is 0 Å². The summed E-state index contributed by atoms with van der Waals surface area (Å²) in [5.41, 5.74) is 1.05. The molecule has 0 spiro atoms. The summed E-state index contributed by atoms with van der Waals surface area (Å²) in [5, 5.41) is 11.6. The second-order valence-electron chi connectivity index (χ2n) is 6.79. The molecule has 26 heavy (non-hydrogen) atoms. The van der Waals surface area contributed by atoms with E-state index in [0.717, 1.165) is 31.2 Å². The van der Waals surface area contributed by atoms with Gasteiger partial charge in [0.05, 0.1) is 6.42 Å². The van der Waals surface area contributed by atoms with Gasteiger partial charge in [0.2, 0.25) is 5.91 Å². The van der Waals surface area contributed by atoms with Gasteiger partial charge in [-0.25, -0.2) is 0 Å². The van der Waals surface area contributed by atoms with Crippen LogP contribution in [0.4, 0.5) is 0 Å². The normalized spacial score (nSPS) is 15.8. The molecule has 1 fully saturated rings. The number of benzene rings is 1. The van der Waals surface area contributed by atoms with Crippen LogP contribution >= 0.6 is 0 Å². The zero-order chi connectivity index (χ0) is 18.8. The number of hydrogen-bond acceptors (Lipinski definition) is 4. The number of aliphatic carboxylic acids is 1. The zero-order valence-corrected chi connectivity index (χ0v) is 15.0. The van der Waals surface area contributed by atoms with E-state index in [0.29, 0.717) is 12.8 Å². The Bertz CT molecular complexity index is 595. The second-order valence-corrected chi connectivity index (χ2v) is 6.79. The predicted molar refractivity (Wildman–Crippen MR) is 96.5 cm³/mol. The summed E-state index contributed by atoms with van der Waals surface area (Å²) in [6.07, 6.45) is 5.75. The molecule has 1 amide bonds. The van der Waals surface area contributed by atoms with Crippen molar-refractivity contribution in [2.75, 3.05) is 6.54 Å². The number of ether oxygens (including phenoxy) is 1. The topological polar surface area (TPSA) is 92.7 Å². The number of aryl methyl sites for hydroxylation is 1. The summed E-state index contributed by atoms with van der Waals surface area (Å²) in [4.78, 5) is 35.3. The lowest BCUT2D eigenvalue weighted by atomic mass is 9.95. The van der Waals surface area contributed by atoms with Gasteiger partial charge in [0, 0.05) is 5.92 Å². The Balaban J connectivity index is 1.79. The second kappa shape index (κ2) is 10.6. The van der Waals surface area contributed by atoms with Gasteiger partial charge in [0.25, 0.3) is 0 Å². The van der Waals surface area contributed by atoms with Crippen molar-refractivity contribution in [3.05, 3.63) is 35.9 Å². The van der Waals surface area contributed by atoms with Gasteiger partial charge >= 0.3 is 11.9 Å². The molecule has 1 aromatic rings. The van der Waals surface area contributed by atoms with E-state index >= 15 is 0 Å². The maximum atomic E-state index is 12.3. The number of esters is 1. The van der Waals surface area contributed by atoms with Gasteiger partial charge in [-0.1, -0.05) is 36.8 Å². The fraction of sp³-hybridized carbons (Fsp3) is 0.550. The molecule has 2 N–H and O–H groups in total. The average molecular weight is 361 g/mol. The Morgan fingerprint density at radius 2 is 1.81 bits per heavy atom. The highest BCUT2D eigenvalue weighted by atomic mass is 16.5. The number of hydrogen-bond donors (Lipinski definition) is 2. The summed E-state index contributed by atoms with van der Waals surface area (Å²) in [5.74, 6) is -2.57. The van der Waals surface area contributed by atoms with Crippen LogP contribution in [-0.4, -0.2) is 35.6 Å². The molecule has 1 aliphatic carbocycles. The molecule has 0 aliphatic heterocycles. The monoisotopic (exact) mass is 361 g/mol. The fourth-order valence-electron chi connectivity index (χ4n) is 3.24. The highest BCUT2D eigenvalue weighted by Gasteiger charge is 2.23. The van der Waals surface area contributed by atoms with Gasteiger partial charge < -0.3 is 15.2 Å². The third kappa shape index (κ3) is 7.25. The number of amides is 1. The Morgan fingerprint density at radius 1 is 1.12 bits per heavy atom. The number of carbonyl (C=O) groups excluding carboxylic acids is 2. The molecule has 1 saturated carbocycles. The molecular formula is C20H27NO5. The lowest BCUT2D eigenvalue weighted by molar-refractivity contribution is -0.150. The third-order valence-electron chi connectivity index (χ3n) is 4.67. The van der Waals surface area contributed by atoms with E-state index in [1.165, 1.54) is 6.42 Å². The molecule has 6 heteroatoms. The minimum Gasteiger partial charge on any atom is -0.481 e. The molecule has 6 nitrogen and oxygen atoms in total. The molecule has 1 atom stereocenters. The summed E-state index contributed by atoms with van der Waals surface area (Å²) >= 11 is 0. The van der Waals surface area contributed by atoms with Crippen molar-refractivity contribution >= 4 is 17.8 Å². The van der Waals surface area contributed by atoms with Crippen LogP contribution in [0.5, 0.6) is 0 Å². The van der Waals surface area contributed by atoms with E-state index < -0.39 is 23.8 Å². The number of carboxylic acids is 1.